The molecule has 5 heteroatoms. The van der Waals surface area contributed by atoms with Crippen molar-refractivity contribution in [3.63, 3.8) is 0 Å². The highest BCUT2D eigenvalue weighted by molar-refractivity contribution is 6.00. The lowest BCUT2D eigenvalue weighted by molar-refractivity contribution is -0.160. The smallest absolute Gasteiger partial charge is 0.334 e. The highest BCUT2D eigenvalue weighted by Crippen LogP contribution is 2.32. The van der Waals surface area contributed by atoms with Gasteiger partial charge in [0.15, 0.2) is 11.4 Å². The van der Waals surface area contributed by atoms with Crippen LogP contribution >= 0.6 is 0 Å². The maximum Gasteiger partial charge on any atom is 0.334 e. The zero-order valence-corrected chi connectivity index (χ0v) is 15.4. The number of ketones is 1. The Morgan fingerprint density at radius 2 is 1.76 bits per heavy atom. The second-order valence-corrected chi connectivity index (χ2v) is 7.79. The molecule has 2 aliphatic heterocycles. The van der Waals surface area contributed by atoms with Crippen LogP contribution in [0.25, 0.3) is 0 Å². The van der Waals surface area contributed by atoms with Gasteiger partial charge < -0.3 is 14.9 Å². The number of hydrogen-bond donors (Lipinski definition) is 2. The Balaban J connectivity index is 2.48. The number of fused-ring (bicyclic) bond motifs is 3. The fourth-order valence-electron chi connectivity index (χ4n) is 2.99. The highest BCUT2D eigenvalue weighted by Gasteiger charge is 2.39. The molecule has 0 saturated heterocycles. The van der Waals surface area contributed by atoms with E-state index >= 15 is 0 Å². The number of aliphatic hydroxyl groups is 2. The third kappa shape index (κ3) is 4.47. The third-order valence-corrected chi connectivity index (χ3v) is 5.19. The number of esters is 1. The van der Waals surface area contributed by atoms with Gasteiger partial charge in [-0.25, -0.2) is 4.79 Å². The third-order valence-electron chi connectivity index (χ3n) is 5.19. The molecule has 0 fully saturated rings. The van der Waals surface area contributed by atoms with E-state index in [1.54, 1.807) is 19.1 Å². The van der Waals surface area contributed by atoms with Gasteiger partial charge in [-0.2, -0.15) is 0 Å². The maximum atomic E-state index is 12.5. The van der Waals surface area contributed by atoms with E-state index in [1.165, 1.54) is 25.2 Å². The molecule has 3 atom stereocenters. The first-order chi connectivity index (χ1) is 11.5. The zero-order valence-electron chi connectivity index (χ0n) is 15.4. The lowest BCUT2D eigenvalue weighted by Gasteiger charge is -2.30. The Morgan fingerprint density at radius 3 is 2.40 bits per heavy atom. The number of ether oxygens (including phenoxy) is 1. The topological polar surface area (TPSA) is 83.8 Å². The average Bonchev–Trinajstić information content (AvgIpc) is 2.67. The molecule has 2 N–H and O–H groups in total. The van der Waals surface area contributed by atoms with Gasteiger partial charge in [-0.3, -0.25) is 4.79 Å². The molecular formula is C20H28O5. The van der Waals surface area contributed by atoms with E-state index in [4.69, 9.17) is 4.74 Å². The number of carbonyl (C=O) groups excluding carboxylic acids is 2. The Labute approximate surface area is 149 Å². The van der Waals surface area contributed by atoms with Crippen LogP contribution in [0.5, 0.6) is 0 Å². The monoisotopic (exact) mass is 348 g/mol. The molecule has 2 bridgehead atoms. The molecule has 0 spiro atoms. The van der Waals surface area contributed by atoms with Crippen LogP contribution < -0.4 is 0 Å². The van der Waals surface area contributed by atoms with Crippen LogP contribution in [0.15, 0.2) is 36.0 Å². The highest BCUT2D eigenvalue weighted by atomic mass is 16.6. The molecule has 5 nitrogen and oxygen atoms in total. The summed E-state index contributed by atoms with van der Waals surface area (Å²) in [6.45, 7) is 6.90. The van der Waals surface area contributed by atoms with Crippen LogP contribution in [-0.4, -0.2) is 38.8 Å². The van der Waals surface area contributed by atoms with Gasteiger partial charge >= 0.3 is 5.97 Å². The van der Waals surface area contributed by atoms with Gasteiger partial charge in [-0.15, -0.1) is 0 Å². The fraction of sp³-hybridized carbons (Fsp3) is 0.600. The van der Waals surface area contributed by atoms with Gasteiger partial charge in [-0.1, -0.05) is 32.1 Å². The molecule has 0 radical (unpaired) electrons. The normalized spacial score (nSPS) is 39.6. The molecule has 0 saturated carbocycles. The number of carbonyl (C=O) groups is 2. The number of hydrogen-bond acceptors (Lipinski definition) is 5. The first kappa shape index (κ1) is 19.6. The molecule has 2 rings (SSSR count). The molecule has 0 aliphatic carbocycles. The van der Waals surface area contributed by atoms with Crippen LogP contribution in [0.2, 0.25) is 0 Å². The standard InChI is InChI=1S/C20H28O5/c1-14(2)20(24)11-7-15-6-5-9-19(4,25-17(15)22)16(21)8-10-18(3,23)12-13-20/h6,8,10,12-14,23-24H,5,7,9,11H2,1-4H3/b10-8+,13-12+/t18-,19-,20+/m1/s1. The van der Waals surface area contributed by atoms with Crippen molar-refractivity contribution < 1.29 is 24.5 Å². The summed E-state index contributed by atoms with van der Waals surface area (Å²) in [5.41, 5.74) is -3.32. The van der Waals surface area contributed by atoms with E-state index in [-0.39, 0.29) is 11.7 Å². The Morgan fingerprint density at radius 1 is 1.08 bits per heavy atom. The summed E-state index contributed by atoms with van der Waals surface area (Å²) in [5, 5.41) is 21.4. The average molecular weight is 348 g/mol. The summed E-state index contributed by atoms with van der Waals surface area (Å²) in [4.78, 5) is 25.0. The van der Waals surface area contributed by atoms with Crippen molar-refractivity contribution in [1.82, 2.24) is 0 Å². The number of allylic oxidation sites excluding steroid dienone is 1. The quantitative estimate of drug-likeness (QED) is 0.562. The van der Waals surface area contributed by atoms with Crippen molar-refractivity contribution in [1.29, 1.82) is 0 Å². The summed E-state index contributed by atoms with van der Waals surface area (Å²) in [6, 6.07) is 0. The zero-order chi connectivity index (χ0) is 18.9. The minimum atomic E-state index is -1.39. The fourth-order valence-corrected chi connectivity index (χ4v) is 2.99. The second-order valence-electron chi connectivity index (χ2n) is 7.79. The SMILES string of the molecule is CC(C)[C@@]1(O)/C=C/[C@](C)(O)/C=C/C(=O)[C@@]2(C)CCC=C(CC1)C(=O)O2. The lowest BCUT2D eigenvalue weighted by Crippen LogP contribution is -2.39. The Kier molecular flexibility index (Phi) is 5.40. The van der Waals surface area contributed by atoms with E-state index < -0.39 is 22.8 Å². The van der Waals surface area contributed by atoms with Crippen LogP contribution in [0, 0.1) is 5.92 Å². The summed E-state index contributed by atoms with van der Waals surface area (Å²) in [7, 11) is 0. The molecule has 138 valence electrons. The largest absolute Gasteiger partial charge is 0.448 e. The van der Waals surface area contributed by atoms with E-state index in [0.29, 0.717) is 31.3 Å². The molecule has 2 heterocycles. The van der Waals surface area contributed by atoms with Crippen LogP contribution in [-0.2, 0) is 14.3 Å². The summed E-state index contributed by atoms with van der Waals surface area (Å²) >= 11 is 0. The molecule has 25 heavy (non-hydrogen) atoms. The minimum absolute atomic E-state index is 0.108. The molecule has 0 aromatic rings. The number of rotatable bonds is 1. The molecular weight excluding hydrogens is 320 g/mol. The van der Waals surface area contributed by atoms with Gasteiger partial charge in [-0.05, 0) is 57.6 Å². The summed E-state index contributed by atoms with van der Waals surface area (Å²) in [6.07, 6.45) is 9.09. The van der Waals surface area contributed by atoms with Crippen LogP contribution in [0.1, 0.15) is 53.4 Å². The maximum absolute atomic E-state index is 12.5. The van der Waals surface area contributed by atoms with E-state index in [2.05, 4.69) is 0 Å². The van der Waals surface area contributed by atoms with E-state index in [1.807, 2.05) is 13.8 Å². The first-order valence-electron chi connectivity index (χ1n) is 8.79. The van der Waals surface area contributed by atoms with Crippen LogP contribution in [0.3, 0.4) is 0 Å². The summed E-state index contributed by atoms with van der Waals surface area (Å²) < 4.78 is 5.49. The van der Waals surface area contributed by atoms with Gasteiger partial charge in [0.25, 0.3) is 0 Å². The minimum Gasteiger partial charge on any atom is -0.448 e. The predicted octanol–water partition coefficient (Wildman–Crippen LogP) is 2.62. The van der Waals surface area contributed by atoms with E-state index in [9.17, 15) is 19.8 Å². The van der Waals surface area contributed by atoms with Gasteiger partial charge in [0.1, 0.15) is 0 Å². The van der Waals surface area contributed by atoms with Crippen molar-refractivity contribution in [2.75, 3.05) is 0 Å². The van der Waals surface area contributed by atoms with Gasteiger partial charge in [0, 0.05) is 5.57 Å². The first-order valence-corrected chi connectivity index (χ1v) is 8.79. The summed E-state index contributed by atoms with van der Waals surface area (Å²) in [5.74, 6) is -0.978. The van der Waals surface area contributed by atoms with Crippen molar-refractivity contribution in [3.05, 3.63) is 36.0 Å². The molecule has 2 aliphatic rings. The lowest BCUT2D eigenvalue weighted by atomic mass is 9.83. The molecule has 0 unspecified atom stereocenters. The van der Waals surface area contributed by atoms with Gasteiger partial charge in [0.2, 0.25) is 0 Å². The Hall–Kier alpha value is -1.72. The van der Waals surface area contributed by atoms with Crippen molar-refractivity contribution in [3.8, 4) is 0 Å². The second kappa shape index (κ2) is 6.89. The predicted molar refractivity (Wildman–Crippen MR) is 94.7 cm³/mol. The van der Waals surface area contributed by atoms with Gasteiger partial charge in [0.05, 0.1) is 11.2 Å². The van der Waals surface area contributed by atoms with Crippen molar-refractivity contribution in [2.24, 2.45) is 5.92 Å². The Bertz CT molecular complexity index is 640. The molecule has 0 aromatic carbocycles. The van der Waals surface area contributed by atoms with Crippen molar-refractivity contribution in [2.45, 2.75) is 70.2 Å². The molecule has 0 aromatic heterocycles. The molecule has 0 amide bonds. The van der Waals surface area contributed by atoms with Crippen molar-refractivity contribution >= 4 is 11.8 Å². The van der Waals surface area contributed by atoms with E-state index in [0.717, 1.165) is 0 Å². The van der Waals surface area contributed by atoms with Crippen LogP contribution in [0.4, 0.5) is 0 Å².